The van der Waals surface area contributed by atoms with Crippen molar-refractivity contribution < 1.29 is 29.3 Å². The van der Waals surface area contributed by atoms with Crippen molar-refractivity contribution in [2.75, 3.05) is 7.11 Å². The van der Waals surface area contributed by atoms with E-state index < -0.39 is 29.8 Å². The number of carbonyl (C=O) groups is 2. The molecule has 7 heteroatoms. The number of carbonyl (C=O) groups excluding carboxylic acids is 2. The van der Waals surface area contributed by atoms with Crippen molar-refractivity contribution in [3.8, 4) is 5.75 Å². The molecule has 2 N–H and O–H groups in total. The second-order valence-corrected chi connectivity index (χ2v) is 5.63. The fraction of sp³-hybridized carbons (Fsp3) is 0.467. The van der Waals surface area contributed by atoms with E-state index in [1.54, 1.807) is 39.0 Å². The van der Waals surface area contributed by atoms with Crippen LogP contribution in [0.3, 0.4) is 0 Å². The van der Waals surface area contributed by atoms with Crippen molar-refractivity contribution in [2.45, 2.75) is 38.5 Å². The molecular weight excluding hydrogens is 290 g/mol. The topological polar surface area (TPSA) is 108 Å². The van der Waals surface area contributed by atoms with Gasteiger partial charge in [-0.15, -0.1) is 0 Å². The Bertz CT molecular complexity index is 537. The zero-order valence-corrected chi connectivity index (χ0v) is 13.0. The van der Waals surface area contributed by atoms with Crippen LogP contribution in [0.2, 0.25) is 0 Å². The quantitative estimate of drug-likeness (QED) is 0.813. The molecule has 0 bridgehead atoms. The Morgan fingerprint density at radius 1 is 1.27 bits per heavy atom. The summed E-state index contributed by atoms with van der Waals surface area (Å²) < 4.78 is 10.0. The minimum Gasteiger partial charge on any atom is -0.548 e. The molecule has 0 unspecified atom stereocenters. The molecule has 0 saturated carbocycles. The van der Waals surface area contributed by atoms with Crippen LogP contribution in [0, 0.1) is 0 Å². The van der Waals surface area contributed by atoms with E-state index in [0.29, 0.717) is 5.75 Å². The second kappa shape index (κ2) is 7.13. The maximum Gasteiger partial charge on any atom is 0.408 e. The zero-order chi connectivity index (χ0) is 16.9. The van der Waals surface area contributed by atoms with Gasteiger partial charge in [0.15, 0.2) is 0 Å². The monoisotopic (exact) mass is 310 g/mol. The van der Waals surface area contributed by atoms with Gasteiger partial charge in [0.25, 0.3) is 0 Å². The zero-order valence-electron chi connectivity index (χ0n) is 13.0. The SMILES string of the molecule is COc1ccccc1[C@H](O)[C@@H](NC(=O)OC(C)(C)C)C(=O)[O-]. The summed E-state index contributed by atoms with van der Waals surface area (Å²) in [6.07, 6.45) is -2.51. The first kappa shape index (κ1) is 17.8. The summed E-state index contributed by atoms with van der Waals surface area (Å²) in [5.74, 6) is -1.34. The number of aliphatic carboxylic acids is 1. The van der Waals surface area contributed by atoms with Crippen LogP contribution in [0.1, 0.15) is 32.4 Å². The Morgan fingerprint density at radius 3 is 2.36 bits per heavy atom. The third-order valence-electron chi connectivity index (χ3n) is 2.70. The summed E-state index contributed by atoms with van der Waals surface area (Å²) in [4.78, 5) is 22.9. The first-order valence-electron chi connectivity index (χ1n) is 6.67. The van der Waals surface area contributed by atoms with Gasteiger partial charge in [0, 0.05) is 5.56 Å². The number of para-hydroxylation sites is 1. The van der Waals surface area contributed by atoms with E-state index in [0.717, 1.165) is 0 Å². The highest BCUT2D eigenvalue weighted by atomic mass is 16.6. The van der Waals surface area contributed by atoms with Crippen molar-refractivity contribution in [2.24, 2.45) is 0 Å². The lowest BCUT2D eigenvalue weighted by molar-refractivity contribution is -0.310. The van der Waals surface area contributed by atoms with Crippen LogP contribution < -0.4 is 15.2 Å². The summed E-state index contributed by atoms with van der Waals surface area (Å²) in [5, 5.41) is 23.6. The van der Waals surface area contributed by atoms with E-state index in [1.807, 2.05) is 0 Å². The summed E-state index contributed by atoms with van der Waals surface area (Å²) >= 11 is 0. The molecule has 0 aliphatic rings. The van der Waals surface area contributed by atoms with E-state index in [-0.39, 0.29) is 5.56 Å². The average molecular weight is 310 g/mol. The average Bonchev–Trinajstić information content (AvgIpc) is 2.41. The van der Waals surface area contributed by atoms with Gasteiger partial charge in [0.05, 0.1) is 13.1 Å². The lowest BCUT2D eigenvalue weighted by Gasteiger charge is -2.28. The number of benzene rings is 1. The third-order valence-corrected chi connectivity index (χ3v) is 2.70. The summed E-state index contributed by atoms with van der Waals surface area (Å²) in [6.45, 7) is 4.91. The molecule has 1 aromatic rings. The Kier molecular flexibility index (Phi) is 5.76. The van der Waals surface area contributed by atoms with Gasteiger partial charge in [-0.05, 0) is 26.8 Å². The molecule has 0 aromatic heterocycles. The van der Waals surface area contributed by atoms with Crippen LogP contribution in [0.5, 0.6) is 5.75 Å². The molecule has 1 rings (SSSR count). The van der Waals surface area contributed by atoms with Gasteiger partial charge in [0.2, 0.25) is 0 Å². The van der Waals surface area contributed by atoms with Gasteiger partial charge in [-0.25, -0.2) is 4.79 Å². The summed E-state index contributed by atoms with van der Waals surface area (Å²) in [7, 11) is 1.39. The first-order valence-corrected chi connectivity index (χ1v) is 6.67. The minimum absolute atomic E-state index is 0.218. The molecule has 7 nitrogen and oxygen atoms in total. The third kappa shape index (κ3) is 4.92. The smallest absolute Gasteiger partial charge is 0.408 e. The number of hydrogen-bond acceptors (Lipinski definition) is 6. The van der Waals surface area contributed by atoms with Gasteiger partial charge in [-0.2, -0.15) is 0 Å². The number of aliphatic hydroxyl groups excluding tert-OH is 1. The van der Waals surface area contributed by atoms with Gasteiger partial charge < -0.3 is 29.8 Å². The van der Waals surface area contributed by atoms with Gasteiger partial charge in [-0.3, -0.25) is 0 Å². The van der Waals surface area contributed by atoms with Crippen LogP contribution in [0.4, 0.5) is 4.79 Å². The van der Waals surface area contributed by atoms with E-state index in [4.69, 9.17) is 9.47 Å². The van der Waals surface area contributed by atoms with Crippen molar-refractivity contribution in [1.82, 2.24) is 5.32 Å². The predicted octanol–water partition coefficient (Wildman–Crippen LogP) is 0.372. The van der Waals surface area contributed by atoms with E-state index >= 15 is 0 Å². The molecule has 0 aliphatic carbocycles. The van der Waals surface area contributed by atoms with Crippen LogP contribution in [0.15, 0.2) is 24.3 Å². The molecule has 0 spiro atoms. The van der Waals surface area contributed by atoms with E-state index in [2.05, 4.69) is 5.32 Å². The molecule has 0 radical (unpaired) electrons. The largest absolute Gasteiger partial charge is 0.548 e. The lowest BCUT2D eigenvalue weighted by Crippen LogP contribution is -2.52. The first-order chi connectivity index (χ1) is 10.2. The normalized spacial score (nSPS) is 13.9. The van der Waals surface area contributed by atoms with E-state index in [9.17, 15) is 19.8 Å². The summed E-state index contributed by atoms with van der Waals surface area (Å²) in [5.41, 5.74) is -0.578. The Labute approximate surface area is 128 Å². The highest BCUT2D eigenvalue weighted by Crippen LogP contribution is 2.27. The number of alkyl carbamates (subject to hydrolysis) is 1. The van der Waals surface area contributed by atoms with E-state index in [1.165, 1.54) is 13.2 Å². The van der Waals surface area contributed by atoms with Crippen molar-refractivity contribution >= 4 is 12.1 Å². The number of aliphatic hydroxyl groups is 1. The second-order valence-electron chi connectivity index (χ2n) is 5.63. The highest BCUT2D eigenvalue weighted by Gasteiger charge is 2.28. The van der Waals surface area contributed by atoms with Crippen LogP contribution in [-0.4, -0.2) is 35.9 Å². The Balaban J connectivity index is 2.96. The number of carboxylic acid groups (broad SMARTS) is 1. The van der Waals surface area contributed by atoms with Crippen LogP contribution in [0.25, 0.3) is 0 Å². The Hall–Kier alpha value is -2.28. The lowest BCUT2D eigenvalue weighted by atomic mass is 10.0. The predicted molar refractivity (Wildman–Crippen MR) is 76.1 cm³/mol. The fourth-order valence-corrected chi connectivity index (χ4v) is 1.79. The van der Waals surface area contributed by atoms with Crippen molar-refractivity contribution in [1.29, 1.82) is 0 Å². The highest BCUT2D eigenvalue weighted by molar-refractivity contribution is 5.79. The van der Waals surface area contributed by atoms with Crippen LogP contribution in [-0.2, 0) is 9.53 Å². The molecule has 122 valence electrons. The van der Waals surface area contributed by atoms with Gasteiger partial charge >= 0.3 is 6.09 Å². The molecular formula is C15H20NO6-. The molecule has 22 heavy (non-hydrogen) atoms. The molecule has 0 heterocycles. The molecule has 1 amide bonds. The maximum absolute atomic E-state index is 11.7. The number of nitrogens with one attached hydrogen (secondary N) is 1. The fourth-order valence-electron chi connectivity index (χ4n) is 1.79. The molecule has 0 fully saturated rings. The summed E-state index contributed by atoms with van der Waals surface area (Å²) in [6, 6.07) is 4.67. The minimum atomic E-state index is -1.67. The standard InChI is InChI=1S/C15H21NO6/c1-15(2,3)22-14(20)16-11(13(18)19)12(17)9-7-5-6-8-10(9)21-4/h5-8,11-12,17H,1-4H3,(H,16,20)(H,18,19)/p-1/t11-,12+/m1/s1. The molecule has 2 atom stereocenters. The Morgan fingerprint density at radius 2 is 1.86 bits per heavy atom. The number of hydrogen-bond donors (Lipinski definition) is 2. The van der Waals surface area contributed by atoms with Crippen molar-refractivity contribution in [3.63, 3.8) is 0 Å². The van der Waals surface area contributed by atoms with Gasteiger partial charge in [-0.1, -0.05) is 18.2 Å². The number of amides is 1. The molecule has 0 aliphatic heterocycles. The maximum atomic E-state index is 11.7. The van der Waals surface area contributed by atoms with Crippen LogP contribution >= 0.6 is 0 Å². The number of rotatable bonds is 5. The number of ether oxygens (including phenoxy) is 2. The number of methoxy groups -OCH3 is 1. The molecule has 1 aromatic carbocycles. The molecule has 0 saturated heterocycles. The number of carboxylic acids is 1. The van der Waals surface area contributed by atoms with Gasteiger partial charge in [0.1, 0.15) is 23.5 Å². The van der Waals surface area contributed by atoms with Crippen molar-refractivity contribution in [3.05, 3.63) is 29.8 Å².